The molecule has 1 aromatic carbocycles. The lowest BCUT2D eigenvalue weighted by Crippen LogP contribution is -2.66. The Balaban J connectivity index is 1.51. The van der Waals surface area contributed by atoms with Gasteiger partial charge in [-0.05, 0) is 18.4 Å². The van der Waals surface area contributed by atoms with Crippen molar-refractivity contribution in [2.45, 2.75) is 19.4 Å². The van der Waals surface area contributed by atoms with Crippen LogP contribution in [0, 0.1) is 5.41 Å². The third-order valence-corrected chi connectivity index (χ3v) is 4.40. The van der Waals surface area contributed by atoms with E-state index >= 15 is 0 Å². The number of benzene rings is 1. The lowest BCUT2D eigenvalue weighted by atomic mass is 9.73. The molecule has 0 aliphatic carbocycles. The number of carbonyl (C=O) groups excluding carboxylic acids is 2. The molecule has 0 radical (unpaired) electrons. The fourth-order valence-electron chi connectivity index (χ4n) is 3.19. The van der Waals surface area contributed by atoms with E-state index in [9.17, 15) is 9.59 Å². The van der Waals surface area contributed by atoms with Crippen LogP contribution in [-0.4, -0.2) is 48.5 Å². The van der Waals surface area contributed by atoms with Crippen LogP contribution in [0.5, 0.6) is 0 Å². The molecule has 2 heterocycles. The number of likely N-dealkylation sites (tertiary alicyclic amines) is 2. The van der Waals surface area contributed by atoms with Crippen LogP contribution in [0.4, 0.5) is 4.79 Å². The van der Waals surface area contributed by atoms with Crippen molar-refractivity contribution in [1.82, 2.24) is 9.80 Å². The average Bonchev–Trinajstić information content (AvgIpc) is 2.46. The second-order valence-corrected chi connectivity index (χ2v) is 6.01. The number of hydrogen-bond acceptors (Lipinski definition) is 3. The summed E-state index contributed by atoms with van der Waals surface area (Å²) in [5.41, 5.74) is 0.619. The van der Waals surface area contributed by atoms with Gasteiger partial charge in [-0.1, -0.05) is 30.3 Å². The lowest BCUT2D eigenvalue weighted by molar-refractivity contribution is -0.155. The number of amides is 2. The van der Waals surface area contributed by atoms with Crippen LogP contribution in [0.3, 0.4) is 0 Å². The van der Waals surface area contributed by atoms with Gasteiger partial charge in [0.2, 0.25) is 5.91 Å². The maximum atomic E-state index is 12.2. The second-order valence-electron chi connectivity index (χ2n) is 6.01. The molecule has 0 N–H and O–H groups in total. The molecular formula is C16H20N2O3. The van der Waals surface area contributed by atoms with Gasteiger partial charge in [-0.2, -0.15) is 0 Å². The first kappa shape index (κ1) is 13.9. The van der Waals surface area contributed by atoms with Gasteiger partial charge in [0.05, 0.1) is 5.41 Å². The van der Waals surface area contributed by atoms with Crippen molar-refractivity contribution in [3.05, 3.63) is 35.9 Å². The van der Waals surface area contributed by atoms with Crippen LogP contribution in [-0.2, 0) is 16.1 Å². The van der Waals surface area contributed by atoms with Crippen LogP contribution in [0.15, 0.2) is 30.3 Å². The van der Waals surface area contributed by atoms with Gasteiger partial charge in [0.1, 0.15) is 6.61 Å². The van der Waals surface area contributed by atoms with Gasteiger partial charge in [0.25, 0.3) is 0 Å². The first-order valence-corrected chi connectivity index (χ1v) is 7.32. The van der Waals surface area contributed by atoms with Gasteiger partial charge in [0, 0.05) is 26.7 Å². The highest BCUT2D eigenvalue weighted by molar-refractivity contribution is 5.87. The minimum Gasteiger partial charge on any atom is -0.445 e. The Labute approximate surface area is 124 Å². The van der Waals surface area contributed by atoms with E-state index < -0.39 is 0 Å². The number of nitrogens with zero attached hydrogens (tertiary/aromatic N) is 2. The number of ether oxygens (including phenoxy) is 1. The van der Waals surface area contributed by atoms with E-state index in [1.165, 1.54) is 0 Å². The van der Waals surface area contributed by atoms with Crippen LogP contribution in [0.25, 0.3) is 0 Å². The molecule has 5 nitrogen and oxygen atoms in total. The summed E-state index contributed by atoms with van der Waals surface area (Å²) in [5.74, 6) is 0.167. The minimum absolute atomic E-state index is 0.167. The smallest absolute Gasteiger partial charge is 0.410 e. The lowest BCUT2D eigenvalue weighted by Gasteiger charge is -2.51. The van der Waals surface area contributed by atoms with Crippen LogP contribution in [0.2, 0.25) is 0 Å². The van der Waals surface area contributed by atoms with Crippen molar-refractivity contribution in [1.29, 1.82) is 0 Å². The summed E-state index contributed by atoms with van der Waals surface area (Å²) in [6.07, 6.45) is 1.55. The van der Waals surface area contributed by atoms with Gasteiger partial charge >= 0.3 is 6.09 Å². The molecule has 112 valence electrons. The number of piperidine rings is 1. The molecule has 2 aliphatic heterocycles. The van der Waals surface area contributed by atoms with E-state index in [0.29, 0.717) is 13.1 Å². The molecule has 2 amide bonds. The standard InChI is InChI=1S/C16H20N2O3/c1-17-9-5-8-16(14(17)19)11-18(12-16)15(20)21-10-13-6-3-2-4-7-13/h2-4,6-7H,5,8-12H2,1H3. The zero-order valence-corrected chi connectivity index (χ0v) is 12.2. The summed E-state index contributed by atoms with van der Waals surface area (Å²) >= 11 is 0. The number of hydrogen-bond donors (Lipinski definition) is 0. The van der Waals surface area contributed by atoms with E-state index in [1.54, 1.807) is 9.80 Å². The molecule has 2 fully saturated rings. The summed E-state index contributed by atoms with van der Waals surface area (Å²) in [6.45, 7) is 2.07. The normalized spacial score (nSPS) is 20.3. The average molecular weight is 288 g/mol. The molecule has 0 aromatic heterocycles. The van der Waals surface area contributed by atoms with Gasteiger partial charge in [-0.3, -0.25) is 4.79 Å². The highest BCUT2D eigenvalue weighted by Crippen LogP contribution is 2.39. The zero-order valence-electron chi connectivity index (χ0n) is 12.2. The first-order chi connectivity index (χ1) is 10.1. The summed E-state index contributed by atoms with van der Waals surface area (Å²) in [7, 11) is 1.83. The Morgan fingerprint density at radius 2 is 2.00 bits per heavy atom. The highest BCUT2D eigenvalue weighted by atomic mass is 16.6. The van der Waals surface area contributed by atoms with E-state index in [0.717, 1.165) is 24.9 Å². The summed E-state index contributed by atoms with van der Waals surface area (Å²) in [6, 6.07) is 9.60. The molecule has 21 heavy (non-hydrogen) atoms. The van der Waals surface area contributed by atoms with Crippen LogP contribution >= 0.6 is 0 Å². The largest absolute Gasteiger partial charge is 0.445 e. The van der Waals surface area contributed by atoms with Crippen molar-refractivity contribution in [3.8, 4) is 0 Å². The quantitative estimate of drug-likeness (QED) is 0.835. The second kappa shape index (κ2) is 5.39. The summed E-state index contributed by atoms with van der Waals surface area (Å²) in [5, 5.41) is 0. The molecule has 5 heteroatoms. The molecule has 3 rings (SSSR count). The fourth-order valence-corrected chi connectivity index (χ4v) is 3.19. The third kappa shape index (κ3) is 2.60. The Hall–Kier alpha value is -2.04. The summed E-state index contributed by atoms with van der Waals surface area (Å²) < 4.78 is 5.29. The third-order valence-electron chi connectivity index (χ3n) is 4.40. The number of carbonyl (C=O) groups is 2. The molecule has 0 atom stereocenters. The topological polar surface area (TPSA) is 49.9 Å². The monoisotopic (exact) mass is 288 g/mol. The molecule has 0 bridgehead atoms. The van der Waals surface area contributed by atoms with E-state index in [-0.39, 0.29) is 24.0 Å². The van der Waals surface area contributed by atoms with E-state index in [2.05, 4.69) is 0 Å². The minimum atomic E-state index is -0.348. The van der Waals surface area contributed by atoms with Gasteiger partial charge < -0.3 is 14.5 Å². The first-order valence-electron chi connectivity index (χ1n) is 7.32. The van der Waals surface area contributed by atoms with Crippen molar-refractivity contribution in [2.24, 2.45) is 5.41 Å². The van der Waals surface area contributed by atoms with Crippen LogP contribution in [0.1, 0.15) is 18.4 Å². The summed E-state index contributed by atoms with van der Waals surface area (Å²) in [4.78, 5) is 27.6. The predicted octanol–water partition coefficient (Wildman–Crippen LogP) is 1.88. The molecule has 1 spiro atoms. The predicted molar refractivity (Wildman–Crippen MR) is 77.5 cm³/mol. The highest BCUT2D eigenvalue weighted by Gasteiger charge is 2.53. The molecule has 0 saturated carbocycles. The maximum absolute atomic E-state index is 12.2. The molecule has 0 unspecified atom stereocenters. The van der Waals surface area contributed by atoms with Crippen molar-refractivity contribution < 1.29 is 14.3 Å². The number of rotatable bonds is 2. The molecule has 1 aromatic rings. The van der Waals surface area contributed by atoms with Crippen molar-refractivity contribution in [2.75, 3.05) is 26.7 Å². The molecule has 2 aliphatic rings. The van der Waals surface area contributed by atoms with Gasteiger partial charge in [-0.15, -0.1) is 0 Å². The zero-order chi connectivity index (χ0) is 14.9. The Morgan fingerprint density at radius 1 is 1.29 bits per heavy atom. The Kier molecular flexibility index (Phi) is 3.57. The molecule has 2 saturated heterocycles. The molecular weight excluding hydrogens is 268 g/mol. The van der Waals surface area contributed by atoms with Crippen molar-refractivity contribution in [3.63, 3.8) is 0 Å². The van der Waals surface area contributed by atoms with Crippen molar-refractivity contribution >= 4 is 12.0 Å². The Morgan fingerprint density at radius 3 is 2.71 bits per heavy atom. The maximum Gasteiger partial charge on any atom is 0.410 e. The Bertz CT molecular complexity index is 538. The fraction of sp³-hybridized carbons (Fsp3) is 0.500. The van der Waals surface area contributed by atoms with Crippen LogP contribution < -0.4 is 0 Å². The SMILES string of the molecule is CN1CCCC2(CN(C(=O)OCc3ccccc3)C2)C1=O. The van der Waals surface area contributed by atoms with Gasteiger partial charge in [-0.25, -0.2) is 4.79 Å². The van der Waals surface area contributed by atoms with E-state index in [1.807, 2.05) is 37.4 Å². The van der Waals surface area contributed by atoms with E-state index in [4.69, 9.17) is 4.74 Å². The van der Waals surface area contributed by atoms with Gasteiger partial charge in [0.15, 0.2) is 0 Å².